The number of carbonyl (C=O) groups excluding carboxylic acids is 1. The smallest absolute Gasteiger partial charge is 0.272 e. The maximum atomic E-state index is 12.1. The van der Waals surface area contributed by atoms with Gasteiger partial charge in [0.15, 0.2) is 0 Å². The first-order valence-corrected chi connectivity index (χ1v) is 7.79. The minimum atomic E-state index is -0.328. The van der Waals surface area contributed by atoms with Crippen molar-refractivity contribution in [2.45, 2.75) is 13.3 Å². The third-order valence-electron chi connectivity index (χ3n) is 3.66. The SMILES string of the molecule is CCc1ccc(/C=N\NC(=O)c2cc(-c3ccccc3)n[nH]2)cc1. The summed E-state index contributed by atoms with van der Waals surface area (Å²) in [5.41, 5.74) is 6.74. The number of hydrogen-bond acceptors (Lipinski definition) is 3. The second-order valence-corrected chi connectivity index (χ2v) is 5.33. The topological polar surface area (TPSA) is 70.1 Å². The molecule has 0 aliphatic rings. The highest BCUT2D eigenvalue weighted by molar-refractivity contribution is 5.94. The summed E-state index contributed by atoms with van der Waals surface area (Å²) in [5.74, 6) is -0.328. The van der Waals surface area contributed by atoms with Gasteiger partial charge in [-0.05, 0) is 23.6 Å². The monoisotopic (exact) mass is 318 g/mol. The third kappa shape index (κ3) is 3.76. The fourth-order valence-electron chi connectivity index (χ4n) is 2.26. The molecule has 5 nitrogen and oxygen atoms in total. The summed E-state index contributed by atoms with van der Waals surface area (Å²) in [6.45, 7) is 2.11. The van der Waals surface area contributed by atoms with E-state index in [4.69, 9.17) is 0 Å². The average Bonchev–Trinajstić information content (AvgIpc) is 3.13. The molecule has 0 saturated carbocycles. The Balaban J connectivity index is 1.62. The van der Waals surface area contributed by atoms with Crippen LogP contribution in [0.25, 0.3) is 11.3 Å². The number of aromatic nitrogens is 2. The number of nitrogens with zero attached hydrogens (tertiary/aromatic N) is 2. The number of aryl methyl sites for hydroxylation is 1. The molecule has 0 unspecified atom stereocenters. The number of aromatic amines is 1. The zero-order valence-electron chi connectivity index (χ0n) is 13.4. The summed E-state index contributed by atoms with van der Waals surface area (Å²) in [6, 6.07) is 19.4. The van der Waals surface area contributed by atoms with Crippen molar-refractivity contribution < 1.29 is 4.79 Å². The van der Waals surface area contributed by atoms with Crippen LogP contribution in [0.5, 0.6) is 0 Å². The van der Waals surface area contributed by atoms with Gasteiger partial charge in [0.2, 0.25) is 0 Å². The third-order valence-corrected chi connectivity index (χ3v) is 3.66. The number of rotatable bonds is 5. The quantitative estimate of drug-likeness (QED) is 0.559. The maximum absolute atomic E-state index is 12.1. The van der Waals surface area contributed by atoms with Crippen molar-refractivity contribution in [2.75, 3.05) is 0 Å². The Hall–Kier alpha value is -3.21. The lowest BCUT2D eigenvalue weighted by atomic mass is 10.1. The number of H-pyrrole nitrogens is 1. The van der Waals surface area contributed by atoms with Gasteiger partial charge in [-0.1, -0.05) is 61.5 Å². The first kappa shape index (κ1) is 15.7. The van der Waals surface area contributed by atoms with Crippen LogP contribution in [0.1, 0.15) is 28.5 Å². The maximum Gasteiger partial charge on any atom is 0.289 e. The largest absolute Gasteiger partial charge is 0.289 e. The van der Waals surface area contributed by atoms with Crippen molar-refractivity contribution in [2.24, 2.45) is 5.10 Å². The van der Waals surface area contributed by atoms with E-state index in [-0.39, 0.29) is 5.91 Å². The molecule has 2 aromatic carbocycles. The second-order valence-electron chi connectivity index (χ2n) is 5.33. The zero-order chi connectivity index (χ0) is 16.8. The first-order chi connectivity index (χ1) is 11.8. The normalized spacial score (nSPS) is 10.9. The molecule has 0 aliphatic heterocycles. The summed E-state index contributed by atoms with van der Waals surface area (Å²) < 4.78 is 0. The molecular formula is C19H18N4O. The Morgan fingerprint density at radius 2 is 1.92 bits per heavy atom. The molecule has 0 aliphatic carbocycles. The van der Waals surface area contributed by atoms with Gasteiger partial charge in [-0.15, -0.1) is 0 Å². The molecule has 1 heterocycles. The summed E-state index contributed by atoms with van der Waals surface area (Å²) in [5, 5.41) is 10.9. The minimum Gasteiger partial charge on any atom is -0.272 e. The van der Waals surface area contributed by atoms with Crippen LogP contribution >= 0.6 is 0 Å². The summed E-state index contributed by atoms with van der Waals surface area (Å²) >= 11 is 0. The van der Waals surface area contributed by atoms with E-state index in [9.17, 15) is 4.79 Å². The number of benzene rings is 2. The summed E-state index contributed by atoms with van der Waals surface area (Å²) in [6.07, 6.45) is 2.61. The van der Waals surface area contributed by atoms with Gasteiger partial charge in [0, 0.05) is 5.56 Å². The molecule has 5 heteroatoms. The highest BCUT2D eigenvalue weighted by Gasteiger charge is 2.09. The Morgan fingerprint density at radius 3 is 2.62 bits per heavy atom. The Bertz CT molecular complexity index is 835. The van der Waals surface area contributed by atoms with Crippen LogP contribution in [0, 0.1) is 0 Å². The molecule has 120 valence electrons. The molecule has 0 spiro atoms. The molecule has 3 aromatic rings. The fraction of sp³-hybridized carbons (Fsp3) is 0.105. The molecule has 1 aromatic heterocycles. The van der Waals surface area contributed by atoms with Gasteiger partial charge in [0.05, 0.1) is 11.9 Å². The molecule has 0 bridgehead atoms. The van der Waals surface area contributed by atoms with Crippen molar-refractivity contribution in [3.63, 3.8) is 0 Å². The fourth-order valence-corrected chi connectivity index (χ4v) is 2.26. The van der Waals surface area contributed by atoms with Crippen molar-refractivity contribution in [3.8, 4) is 11.3 Å². The van der Waals surface area contributed by atoms with Gasteiger partial charge in [-0.3, -0.25) is 9.89 Å². The van der Waals surface area contributed by atoms with Crippen molar-refractivity contribution in [1.82, 2.24) is 15.6 Å². The first-order valence-electron chi connectivity index (χ1n) is 7.79. The molecule has 0 radical (unpaired) electrons. The number of carbonyl (C=O) groups is 1. The summed E-state index contributed by atoms with van der Waals surface area (Å²) in [4.78, 5) is 12.1. The predicted molar refractivity (Wildman–Crippen MR) is 94.9 cm³/mol. The van der Waals surface area contributed by atoms with Crippen LogP contribution in [0.15, 0.2) is 65.8 Å². The molecule has 2 N–H and O–H groups in total. The van der Waals surface area contributed by atoms with Crippen LogP contribution in [0.4, 0.5) is 0 Å². The van der Waals surface area contributed by atoms with Gasteiger partial charge >= 0.3 is 0 Å². The van der Waals surface area contributed by atoms with E-state index in [1.807, 2.05) is 54.6 Å². The lowest BCUT2D eigenvalue weighted by molar-refractivity contribution is 0.0950. The van der Waals surface area contributed by atoms with Crippen molar-refractivity contribution in [1.29, 1.82) is 0 Å². The van der Waals surface area contributed by atoms with Gasteiger partial charge in [0.25, 0.3) is 5.91 Å². The average molecular weight is 318 g/mol. The molecule has 0 atom stereocenters. The van der Waals surface area contributed by atoms with Gasteiger partial charge < -0.3 is 0 Å². The van der Waals surface area contributed by atoms with E-state index in [0.29, 0.717) is 5.69 Å². The van der Waals surface area contributed by atoms with Gasteiger partial charge in [-0.2, -0.15) is 10.2 Å². The minimum absolute atomic E-state index is 0.328. The van der Waals surface area contributed by atoms with Crippen LogP contribution in [0.2, 0.25) is 0 Å². The lowest BCUT2D eigenvalue weighted by Crippen LogP contribution is -2.17. The number of hydrazone groups is 1. The van der Waals surface area contributed by atoms with Crippen LogP contribution in [0.3, 0.4) is 0 Å². The Kier molecular flexibility index (Phi) is 4.81. The molecule has 3 rings (SSSR count). The van der Waals surface area contributed by atoms with E-state index < -0.39 is 0 Å². The standard InChI is InChI=1S/C19H18N4O/c1-2-14-8-10-15(11-9-14)13-20-23-19(24)18-12-17(21-22-18)16-6-4-3-5-7-16/h3-13H,2H2,1H3,(H,21,22)(H,23,24)/b20-13-. The molecular weight excluding hydrogens is 300 g/mol. The van der Waals surface area contributed by atoms with E-state index in [1.165, 1.54) is 5.56 Å². The van der Waals surface area contributed by atoms with Crippen LogP contribution in [-0.4, -0.2) is 22.3 Å². The number of nitrogens with one attached hydrogen (secondary N) is 2. The van der Waals surface area contributed by atoms with Gasteiger partial charge in [-0.25, -0.2) is 5.43 Å². The van der Waals surface area contributed by atoms with Crippen molar-refractivity contribution >= 4 is 12.1 Å². The van der Waals surface area contributed by atoms with E-state index in [1.54, 1.807) is 12.3 Å². The second kappa shape index (κ2) is 7.37. The lowest BCUT2D eigenvalue weighted by Gasteiger charge is -1.98. The van der Waals surface area contributed by atoms with Crippen LogP contribution in [-0.2, 0) is 6.42 Å². The Labute approximate surface area is 140 Å². The van der Waals surface area contributed by atoms with Crippen LogP contribution < -0.4 is 5.43 Å². The molecule has 24 heavy (non-hydrogen) atoms. The molecule has 0 saturated heterocycles. The Morgan fingerprint density at radius 1 is 1.17 bits per heavy atom. The van der Waals surface area contributed by atoms with E-state index >= 15 is 0 Å². The molecule has 1 amide bonds. The predicted octanol–water partition coefficient (Wildman–Crippen LogP) is 3.40. The van der Waals surface area contributed by atoms with Crippen molar-refractivity contribution in [3.05, 3.63) is 77.5 Å². The van der Waals surface area contributed by atoms with Gasteiger partial charge in [0.1, 0.15) is 5.69 Å². The van der Waals surface area contributed by atoms with E-state index in [0.717, 1.165) is 23.2 Å². The highest BCUT2D eigenvalue weighted by Crippen LogP contribution is 2.16. The number of hydrogen-bond donors (Lipinski definition) is 2. The zero-order valence-corrected chi connectivity index (χ0v) is 13.4. The molecule has 0 fully saturated rings. The highest BCUT2D eigenvalue weighted by atomic mass is 16.2. The number of amides is 1. The summed E-state index contributed by atoms with van der Waals surface area (Å²) in [7, 11) is 0. The van der Waals surface area contributed by atoms with E-state index in [2.05, 4.69) is 27.6 Å².